The van der Waals surface area contributed by atoms with E-state index < -0.39 is 11.8 Å². The Morgan fingerprint density at radius 3 is 2.54 bits per heavy atom. The molecule has 4 nitrogen and oxygen atoms in total. The summed E-state index contributed by atoms with van der Waals surface area (Å²) in [6, 6.07) is 3.09. The van der Waals surface area contributed by atoms with Crippen molar-refractivity contribution in [2.75, 3.05) is 0 Å². The van der Waals surface area contributed by atoms with E-state index in [1.54, 1.807) is 6.07 Å². The number of amides is 2. The Bertz CT molecular complexity index is 587. The Morgan fingerprint density at radius 1 is 1.00 bits per heavy atom. The second-order valence-electron chi connectivity index (χ2n) is 3.02. The molecule has 0 saturated heterocycles. The van der Waals surface area contributed by atoms with E-state index in [9.17, 15) is 14.4 Å². The van der Waals surface area contributed by atoms with Crippen molar-refractivity contribution in [1.29, 1.82) is 0 Å². The van der Waals surface area contributed by atoms with E-state index >= 15 is 0 Å². The summed E-state index contributed by atoms with van der Waals surface area (Å²) in [6.07, 6.45) is 0. The SMILES string of the molecule is O=C1NC(=O)c2c1ccc1c(=O)c21. The summed E-state index contributed by atoms with van der Waals surface area (Å²) in [6.45, 7) is 0. The van der Waals surface area contributed by atoms with Gasteiger partial charge in [0.1, 0.15) is 0 Å². The van der Waals surface area contributed by atoms with Gasteiger partial charge in [0.15, 0.2) is 5.43 Å². The van der Waals surface area contributed by atoms with Crippen molar-refractivity contribution in [3.05, 3.63) is 33.5 Å². The summed E-state index contributed by atoms with van der Waals surface area (Å²) in [5, 5.41) is 3.12. The maximum absolute atomic E-state index is 11.2. The van der Waals surface area contributed by atoms with Crippen LogP contribution in [0.15, 0.2) is 16.9 Å². The van der Waals surface area contributed by atoms with Crippen LogP contribution in [0.3, 0.4) is 0 Å². The Hall–Kier alpha value is -1.97. The van der Waals surface area contributed by atoms with Gasteiger partial charge in [-0.15, -0.1) is 0 Å². The minimum Gasteiger partial charge on any atom is -0.289 e. The molecule has 0 saturated carbocycles. The van der Waals surface area contributed by atoms with Gasteiger partial charge in [-0.25, -0.2) is 0 Å². The van der Waals surface area contributed by atoms with Gasteiger partial charge in [-0.05, 0) is 12.1 Å². The highest BCUT2D eigenvalue weighted by molar-refractivity contribution is 6.29. The van der Waals surface area contributed by atoms with Crippen molar-refractivity contribution in [3.8, 4) is 0 Å². The fourth-order valence-corrected chi connectivity index (χ4v) is 1.63. The van der Waals surface area contributed by atoms with Crippen LogP contribution < -0.4 is 10.7 Å². The number of hydrogen-bond donors (Lipinski definition) is 1. The van der Waals surface area contributed by atoms with Gasteiger partial charge in [0.05, 0.1) is 11.1 Å². The third-order valence-electron chi connectivity index (χ3n) is 2.31. The van der Waals surface area contributed by atoms with E-state index in [4.69, 9.17) is 0 Å². The van der Waals surface area contributed by atoms with Crippen LogP contribution in [0.4, 0.5) is 0 Å². The monoisotopic (exact) mass is 173 g/mol. The highest BCUT2D eigenvalue weighted by Gasteiger charge is 2.33. The number of carbonyl (C=O) groups excluding carboxylic acids is 2. The van der Waals surface area contributed by atoms with E-state index in [-0.39, 0.29) is 11.0 Å². The van der Waals surface area contributed by atoms with Gasteiger partial charge < -0.3 is 0 Å². The second kappa shape index (κ2) is 1.69. The summed E-state index contributed by atoms with van der Waals surface area (Å²) in [5.74, 6) is -0.870. The Balaban J connectivity index is 2.51. The standard InChI is InChI=1S/C9H3NO3/c11-7-3-1-2-4-6(5(3)7)9(13)10-8(4)12/h1-2H,(H,10,12,13). The third kappa shape index (κ3) is 0.593. The molecule has 0 unspecified atom stereocenters. The maximum atomic E-state index is 11.2. The Labute approximate surface area is 71.8 Å². The lowest BCUT2D eigenvalue weighted by Crippen LogP contribution is -2.19. The van der Waals surface area contributed by atoms with Crippen LogP contribution in [0, 0.1) is 0 Å². The molecule has 1 aliphatic heterocycles. The smallest absolute Gasteiger partial charge is 0.259 e. The van der Waals surface area contributed by atoms with Crippen LogP contribution in [-0.4, -0.2) is 11.8 Å². The average molecular weight is 173 g/mol. The van der Waals surface area contributed by atoms with Crippen LogP contribution in [0.2, 0.25) is 0 Å². The van der Waals surface area contributed by atoms with Crippen molar-refractivity contribution in [3.63, 3.8) is 0 Å². The van der Waals surface area contributed by atoms with Crippen LogP contribution in [-0.2, 0) is 0 Å². The Kier molecular flexibility index (Phi) is 0.847. The lowest BCUT2D eigenvalue weighted by molar-refractivity contribution is 0.0880. The van der Waals surface area contributed by atoms with Gasteiger partial charge in [0.2, 0.25) is 0 Å². The van der Waals surface area contributed by atoms with Gasteiger partial charge in [-0.2, -0.15) is 0 Å². The summed E-state index contributed by atoms with van der Waals surface area (Å²) in [4.78, 5) is 33.4. The summed E-state index contributed by atoms with van der Waals surface area (Å²) in [7, 11) is 0. The fourth-order valence-electron chi connectivity index (χ4n) is 1.63. The topological polar surface area (TPSA) is 63.2 Å². The number of rotatable bonds is 0. The molecule has 0 atom stereocenters. The molecule has 13 heavy (non-hydrogen) atoms. The van der Waals surface area contributed by atoms with Crippen molar-refractivity contribution in [2.24, 2.45) is 0 Å². The van der Waals surface area contributed by atoms with Crippen molar-refractivity contribution < 1.29 is 9.59 Å². The van der Waals surface area contributed by atoms with Crippen molar-refractivity contribution >= 4 is 22.6 Å². The predicted molar refractivity (Wildman–Crippen MR) is 44.4 cm³/mol. The molecule has 0 spiro atoms. The molecule has 3 rings (SSSR count). The number of fused-ring (bicyclic) bond motifs is 3. The molecule has 1 heterocycles. The highest BCUT2D eigenvalue weighted by atomic mass is 16.2. The van der Waals surface area contributed by atoms with Crippen LogP contribution in [0.5, 0.6) is 0 Å². The largest absolute Gasteiger partial charge is 0.289 e. The minimum atomic E-state index is -0.456. The quantitative estimate of drug-likeness (QED) is 0.568. The molecule has 0 radical (unpaired) electrons. The molecular formula is C9H3NO3. The minimum absolute atomic E-state index is 0.119. The molecule has 62 valence electrons. The zero-order valence-corrected chi connectivity index (χ0v) is 6.38. The predicted octanol–water partition coefficient (Wildman–Crippen LogP) is -0.0408. The molecule has 0 aliphatic carbocycles. The van der Waals surface area contributed by atoms with Crippen molar-refractivity contribution in [2.45, 2.75) is 0 Å². The van der Waals surface area contributed by atoms with Gasteiger partial charge in [-0.1, -0.05) is 0 Å². The van der Waals surface area contributed by atoms with Crippen molar-refractivity contribution in [1.82, 2.24) is 5.32 Å². The fraction of sp³-hybridized carbons (Fsp3) is 0. The normalized spacial score (nSPS) is 15.4. The van der Waals surface area contributed by atoms with Crippen LogP contribution in [0.1, 0.15) is 20.7 Å². The Morgan fingerprint density at radius 2 is 1.77 bits per heavy atom. The molecule has 2 amide bonds. The lowest BCUT2D eigenvalue weighted by atomic mass is 10.1. The third-order valence-corrected chi connectivity index (χ3v) is 2.31. The van der Waals surface area contributed by atoms with E-state index in [2.05, 4.69) is 5.32 Å². The zero-order chi connectivity index (χ0) is 9.16. The molecule has 4 heteroatoms. The first kappa shape index (κ1) is 6.54. The van der Waals surface area contributed by atoms with Gasteiger partial charge in [0, 0.05) is 10.8 Å². The number of hydrogen-bond acceptors (Lipinski definition) is 3. The molecule has 1 aliphatic rings. The molecular weight excluding hydrogens is 170 g/mol. The molecule has 0 aromatic heterocycles. The summed E-state index contributed by atoms with van der Waals surface area (Å²) >= 11 is 0. The van der Waals surface area contributed by atoms with Gasteiger partial charge in [0.25, 0.3) is 11.8 Å². The lowest BCUT2D eigenvalue weighted by Gasteiger charge is -1.86. The van der Waals surface area contributed by atoms with E-state index in [0.717, 1.165) is 0 Å². The van der Waals surface area contributed by atoms with Crippen LogP contribution >= 0.6 is 0 Å². The first-order valence-electron chi connectivity index (χ1n) is 3.77. The highest BCUT2D eigenvalue weighted by Crippen LogP contribution is 2.26. The maximum Gasteiger partial charge on any atom is 0.259 e. The van der Waals surface area contributed by atoms with Gasteiger partial charge in [-0.3, -0.25) is 19.7 Å². The van der Waals surface area contributed by atoms with E-state index in [0.29, 0.717) is 16.3 Å². The summed E-state index contributed by atoms with van der Waals surface area (Å²) < 4.78 is 0. The first-order chi connectivity index (χ1) is 6.20. The number of carbonyl (C=O) groups is 2. The number of benzene rings is 1. The summed E-state index contributed by atoms with van der Waals surface area (Å²) in [5.41, 5.74) is 0.452. The first-order valence-corrected chi connectivity index (χ1v) is 3.77. The second-order valence-corrected chi connectivity index (χ2v) is 3.02. The van der Waals surface area contributed by atoms with Crippen LogP contribution in [0.25, 0.3) is 10.8 Å². The zero-order valence-electron chi connectivity index (χ0n) is 6.38. The number of imide groups is 1. The molecule has 1 N–H and O–H groups in total. The molecule has 2 aromatic carbocycles. The number of nitrogens with one attached hydrogen (secondary N) is 1. The van der Waals surface area contributed by atoms with Gasteiger partial charge >= 0.3 is 0 Å². The molecule has 0 bridgehead atoms. The van der Waals surface area contributed by atoms with E-state index in [1.165, 1.54) is 6.07 Å². The molecule has 0 fully saturated rings. The van der Waals surface area contributed by atoms with E-state index in [1.807, 2.05) is 0 Å². The molecule has 2 aromatic rings. The average Bonchev–Trinajstić information content (AvgIpc) is 2.66.